The van der Waals surface area contributed by atoms with Crippen molar-refractivity contribution in [1.29, 1.82) is 0 Å². The number of hydrogen-bond donors (Lipinski definition) is 1. The predicted molar refractivity (Wildman–Crippen MR) is 72.7 cm³/mol. The Morgan fingerprint density at radius 3 is 2.33 bits per heavy atom. The van der Waals surface area contributed by atoms with E-state index in [2.05, 4.69) is 14.8 Å². The van der Waals surface area contributed by atoms with Crippen LogP contribution < -0.4 is 16.6 Å². The quantitative estimate of drug-likeness (QED) is 0.545. The van der Waals surface area contributed by atoms with Gasteiger partial charge in [-0.25, -0.2) is 14.4 Å². The number of hydrogen-bond acceptors (Lipinski definition) is 7. The van der Waals surface area contributed by atoms with E-state index in [9.17, 15) is 19.2 Å². The van der Waals surface area contributed by atoms with Gasteiger partial charge in [-0.2, -0.15) is 0 Å². The molecule has 21 heavy (non-hydrogen) atoms. The maximum absolute atomic E-state index is 11.9. The van der Waals surface area contributed by atoms with Crippen LogP contribution >= 0.6 is 0 Å². The molecular weight excluding hydrogens is 282 g/mol. The van der Waals surface area contributed by atoms with Crippen LogP contribution in [0.1, 0.15) is 0 Å². The summed E-state index contributed by atoms with van der Waals surface area (Å²) in [5.74, 6) is -1.67. The van der Waals surface area contributed by atoms with Crippen LogP contribution in [0.15, 0.2) is 27.6 Å². The van der Waals surface area contributed by atoms with Crippen molar-refractivity contribution in [3.8, 4) is 0 Å². The first-order valence-electron chi connectivity index (χ1n) is 5.73. The van der Waals surface area contributed by atoms with Crippen molar-refractivity contribution in [2.75, 3.05) is 19.5 Å². The zero-order chi connectivity index (χ0) is 16.2. The van der Waals surface area contributed by atoms with E-state index in [-0.39, 0.29) is 11.4 Å². The maximum atomic E-state index is 11.9. The molecule has 0 fully saturated rings. The fourth-order valence-electron chi connectivity index (χ4n) is 1.47. The lowest BCUT2D eigenvalue weighted by atomic mass is 10.3. The maximum Gasteiger partial charge on any atom is 0.354 e. The number of carbonyl (C=O) groups is 2. The smallest absolute Gasteiger partial charge is 0.354 e. The van der Waals surface area contributed by atoms with Gasteiger partial charge in [0.15, 0.2) is 0 Å². The number of nitrogens with one attached hydrogen (secondary N) is 1. The lowest BCUT2D eigenvalue weighted by Crippen LogP contribution is -2.38. The molecule has 0 amide bonds. The van der Waals surface area contributed by atoms with E-state index < -0.39 is 23.2 Å². The van der Waals surface area contributed by atoms with Crippen LogP contribution in [0.4, 0.5) is 5.69 Å². The molecule has 0 aliphatic carbocycles. The Hall–Kier alpha value is -2.84. The summed E-state index contributed by atoms with van der Waals surface area (Å²) in [5, 5.41) is 2.46. The van der Waals surface area contributed by atoms with Crippen LogP contribution in [0.25, 0.3) is 0 Å². The van der Waals surface area contributed by atoms with E-state index in [0.29, 0.717) is 0 Å². The van der Waals surface area contributed by atoms with Gasteiger partial charge in [0.05, 0.1) is 20.3 Å². The Morgan fingerprint density at radius 1 is 1.19 bits per heavy atom. The van der Waals surface area contributed by atoms with Gasteiger partial charge >= 0.3 is 17.6 Å². The highest BCUT2D eigenvalue weighted by Gasteiger charge is 2.15. The first-order valence-corrected chi connectivity index (χ1v) is 5.73. The summed E-state index contributed by atoms with van der Waals surface area (Å²) in [7, 11) is 4.99. The molecular formula is C12H15N3O6. The molecule has 1 N–H and O–H groups in total. The third kappa shape index (κ3) is 3.59. The molecule has 0 bridgehead atoms. The Kier molecular flexibility index (Phi) is 5.06. The van der Waals surface area contributed by atoms with Gasteiger partial charge in [-0.15, -0.1) is 0 Å². The Labute approximate surface area is 119 Å². The molecule has 1 rings (SSSR count). The van der Waals surface area contributed by atoms with Crippen LogP contribution in [0, 0.1) is 0 Å². The van der Waals surface area contributed by atoms with Crippen LogP contribution in [0.5, 0.6) is 0 Å². The molecule has 0 atom stereocenters. The highest BCUT2D eigenvalue weighted by atomic mass is 16.5. The number of ether oxygens (including phenoxy) is 2. The van der Waals surface area contributed by atoms with Crippen molar-refractivity contribution in [2.45, 2.75) is 0 Å². The Balaban J connectivity index is 3.32. The van der Waals surface area contributed by atoms with Gasteiger partial charge in [0.1, 0.15) is 11.4 Å². The van der Waals surface area contributed by atoms with Crippen molar-refractivity contribution in [2.24, 2.45) is 14.1 Å². The van der Waals surface area contributed by atoms with Crippen molar-refractivity contribution in [1.82, 2.24) is 9.13 Å². The molecule has 9 nitrogen and oxygen atoms in total. The van der Waals surface area contributed by atoms with Gasteiger partial charge in [-0.3, -0.25) is 9.36 Å². The second kappa shape index (κ2) is 6.55. The fraction of sp³-hybridized carbons (Fsp3) is 0.333. The largest absolute Gasteiger partial charge is 0.466 e. The average molecular weight is 297 g/mol. The number of carbonyl (C=O) groups excluding carboxylic acids is 2. The number of nitrogens with zero attached hydrogens (tertiary/aromatic N) is 2. The molecule has 0 aliphatic rings. The number of rotatable bonds is 4. The van der Waals surface area contributed by atoms with E-state index >= 15 is 0 Å². The molecule has 0 saturated carbocycles. The van der Waals surface area contributed by atoms with Gasteiger partial charge < -0.3 is 19.4 Å². The zero-order valence-electron chi connectivity index (χ0n) is 12.0. The first-order chi connectivity index (χ1) is 9.81. The van der Waals surface area contributed by atoms with Crippen molar-refractivity contribution >= 4 is 17.6 Å². The van der Waals surface area contributed by atoms with E-state index in [1.165, 1.54) is 20.3 Å². The van der Waals surface area contributed by atoms with E-state index in [4.69, 9.17) is 0 Å². The van der Waals surface area contributed by atoms with Gasteiger partial charge in [0.25, 0.3) is 5.56 Å². The van der Waals surface area contributed by atoms with Gasteiger partial charge in [-0.1, -0.05) is 0 Å². The third-order valence-electron chi connectivity index (χ3n) is 2.58. The minimum atomic E-state index is -0.865. The topological polar surface area (TPSA) is 109 Å². The lowest BCUT2D eigenvalue weighted by molar-refractivity contribution is -0.138. The Bertz CT molecular complexity index is 713. The molecule has 0 spiro atoms. The van der Waals surface area contributed by atoms with Crippen LogP contribution in [-0.4, -0.2) is 35.3 Å². The van der Waals surface area contributed by atoms with Crippen molar-refractivity contribution < 1.29 is 19.1 Å². The second-order valence-corrected chi connectivity index (χ2v) is 4.00. The number of aromatic nitrogens is 2. The Morgan fingerprint density at radius 2 is 1.81 bits per heavy atom. The summed E-state index contributed by atoms with van der Waals surface area (Å²) >= 11 is 0. The minimum absolute atomic E-state index is 0.0693. The average Bonchev–Trinajstić information content (AvgIpc) is 2.48. The summed E-state index contributed by atoms with van der Waals surface area (Å²) < 4.78 is 10.9. The number of anilines is 1. The van der Waals surface area contributed by atoms with Gasteiger partial charge in [0.2, 0.25) is 0 Å². The second-order valence-electron chi connectivity index (χ2n) is 4.00. The summed E-state index contributed by atoms with van der Waals surface area (Å²) in [6, 6.07) is 0. The molecule has 0 saturated heterocycles. The van der Waals surface area contributed by atoms with E-state index in [1.54, 1.807) is 0 Å². The summed E-state index contributed by atoms with van der Waals surface area (Å²) in [5.41, 5.74) is -1.54. The molecule has 0 aliphatic heterocycles. The van der Waals surface area contributed by atoms with Gasteiger partial charge in [0, 0.05) is 20.3 Å². The van der Waals surface area contributed by atoms with E-state index in [1.807, 2.05) is 0 Å². The molecule has 1 heterocycles. The highest BCUT2D eigenvalue weighted by Crippen LogP contribution is 2.04. The van der Waals surface area contributed by atoms with Crippen LogP contribution in [0.3, 0.4) is 0 Å². The molecule has 1 aromatic rings. The normalized spacial score (nSPS) is 11.0. The summed E-state index contributed by atoms with van der Waals surface area (Å²) in [4.78, 5) is 46.3. The molecule has 0 unspecified atom stereocenters. The standard InChI is InChI=1S/C12H15N3O6/c1-14-6-8(10(17)15(2)12(14)19)13-7(11(18)21-4)5-9(16)20-3/h5-6,13H,1-4H3/b7-5+. The highest BCUT2D eigenvalue weighted by molar-refractivity contribution is 5.98. The molecule has 0 aromatic carbocycles. The number of aryl methyl sites for hydroxylation is 1. The summed E-state index contributed by atoms with van der Waals surface area (Å²) in [6.45, 7) is 0. The van der Waals surface area contributed by atoms with Crippen molar-refractivity contribution in [3.05, 3.63) is 38.8 Å². The first kappa shape index (κ1) is 16.2. The zero-order valence-corrected chi connectivity index (χ0v) is 12.0. The van der Waals surface area contributed by atoms with Crippen molar-refractivity contribution in [3.63, 3.8) is 0 Å². The summed E-state index contributed by atoms with van der Waals surface area (Å²) in [6.07, 6.45) is 2.05. The molecule has 114 valence electrons. The fourth-order valence-corrected chi connectivity index (χ4v) is 1.47. The van der Waals surface area contributed by atoms with Crippen LogP contribution in [0.2, 0.25) is 0 Å². The monoisotopic (exact) mass is 297 g/mol. The lowest BCUT2D eigenvalue weighted by Gasteiger charge is -2.10. The minimum Gasteiger partial charge on any atom is -0.466 e. The molecule has 1 aromatic heterocycles. The van der Waals surface area contributed by atoms with E-state index in [0.717, 1.165) is 29.4 Å². The SMILES string of the molecule is COC(=O)/C=C(/Nc1cn(C)c(=O)n(C)c1=O)C(=O)OC. The predicted octanol–water partition coefficient (Wildman–Crippen LogP) is -1.27. The third-order valence-corrected chi connectivity index (χ3v) is 2.58. The number of methoxy groups -OCH3 is 2. The van der Waals surface area contributed by atoms with Gasteiger partial charge in [-0.05, 0) is 0 Å². The molecule has 9 heteroatoms. The van der Waals surface area contributed by atoms with Crippen LogP contribution in [-0.2, 0) is 33.2 Å². The number of esters is 2. The molecule has 0 radical (unpaired) electrons.